The van der Waals surface area contributed by atoms with Gasteiger partial charge in [-0.1, -0.05) is 12.1 Å². The van der Waals surface area contributed by atoms with E-state index in [0.717, 1.165) is 0 Å². The lowest BCUT2D eigenvalue weighted by Crippen LogP contribution is -2.41. The fourth-order valence-corrected chi connectivity index (χ4v) is 1.50. The average molecular weight is 273 g/mol. The van der Waals surface area contributed by atoms with E-state index in [1.807, 2.05) is 6.92 Å². The van der Waals surface area contributed by atoms with E-state index in [9.17, 15) is 13.6 Å². The first-order valence-electron chi connectivity index (χ1n) is 5.96. The Labute approximate surface area is 110 Å². The second-order valence-corrected chi connectivity index (χ2v) is 3.82. The topological polar surface area (TPSA) is 61.5 Å². The van der Waals surface area contributed by atoms with Gasteiger partial charge in [0.2, 0.25) is 0 Å². The summed E-state index contributed by atoms with van der Waals surface area (Å²) in [5.41, 5.74) is 5.58. The van der Waals surface area contributed by atoms with Gasteiger partial charge < -0.3 is 15.2 Å². The second kappa shape index (κ2) is 6.47. The first-order valence-corrected chi connectivity index (χ1v) is 5.96. The van der Waals surface area contributed by atoms with Crippen LogP contribution in [0.2, 0.25) is 0 Å². The minimum absolute atomic E-state index is 0.121. The van der Waals surface area contributed by atoms with Gasteiger partial charge in [-0.05, 0) is 31.5 Å². The molecule has 0 aliphatic heterocycles. The molecule has 1 rings (SSSR count). The molecular weight excluding hydrogens is 256 g/mol. The van der Waals surface area contributed by atoms with Crippen LogP contribution in [0.15, 0.2) is 24.3 Å². The van der Waals surface area contributed by atoms with E-state index < -0.39 is 17.9 Å². The molecule has 1 atom stereocenters. The molecule has 0 saturated carbocycles. The minimum atomic E-state index is -3.76. The van der Waals surface area contributed by atoms with E-state index in [4.69, 9.17) is 10.5 Å². The number of carbonyl (C=O) groups excluding carboxylic acids is 1. The van der Waals surface area contributed by atoms with E-state index in [1.54, 1.807) is 0 Å². The van der Waals surface area contributed by atoms with Crippen molar-refractivity contribution in [2.45, 2.75) is 25.8 Å². The molecule has 0 radical (unpaired) electrons. The predicted octanol–water partition coefficient (Wildman–Crippen LogP) is 2.28. The third kappa shape index (κ3) is 3.64. The van der Waals surface area contributed by atoms with E-state index in [1.165, 1.54) is 31.2 Å². The van der Waals surface area contributed by atoms with Gasteiger partial charge in [0.1, 0.15) is 11.8 Å². The molecule has 2 N–H and O–H groups in total. The van der Waals surface area contributed by atoms with Crippen molar-refractivity contribution in [3.8, 4) is 5.75 Å². The Hall–Kier alpha value is -1.69. The molecule has 1 aromatic carbocycles. The number of hydrogen-bond acceptors (Lipinski definition) is 4. The highest BCUT2D eigenvalue weighted by Crippen LogP contribution is 2.31. The zero-order chi connectivity index (χ0) is 14.5. The van der Waals surface area contributed by atoms with E-state index in [0.29, 0.717) is 12.4 Å². The molecule has 0 spiro atoms. The number of ether oxygens (including phenoxy) is 2. The van der Waals surface area contributed by atoms with Crippen LogP contribution in [0.5, 0.6) is 5.75 Å². The second-order valence-electron chi connectivity index (χ2n) is 3.82. The van der Waals surface area contributed by atoms with Gasteiger partial charge >= 0.3 is 11.9 Å². The summed E-state index contributed by atoms with van der Waals surface area (Å²) in [7, 11) is 0. The molecular formula is C13H17F2NO3. The maximum atomic E-state index is 13.7. The van der Waals surface area contributed by atoms with E-state index in [2.05, 4.69) is 4.74 Å². The SMILES string of the molecule is CCOC(=O)C(F)(F)[C@@H](N)c1ccc(OCC)cc1. The first kappa shape index (κ1) is 15.4. The van der Waals surface area contributed by atoms with Crippen LogP contribution < -0.4 is 10.5 Å². The van der Waals surface area contributed by atoms with Crippen LogP contribution in [0.1, 0.15) is 25.5 Å². The number of nitrogens with two attached hydrogens (primary N) is 1. The molecule has 106 valence electrons. The van der Waals surface area contributed by atoms with Crippen LogP contribution in [0.3, 0.4) is 0 Å². The third-order valence-electron chi connectivity index (χ3n) is 2.49. The number of esters is 1. The Morgan fingerprint density at radius 2 is 1.84 bits per heavy atom. The normalized spacial score (nSPS) is 12.9. The van der Waals surface area contributed by atoms with Crippen LogP contribution in [-0.4, -0.2) is 25.1 Å². The van der Waals surface area contributed by atoms with Gasteiger partial charge in [-0.15, -0.1) is 0 Å². The molecule has 0 unspecified atom stereocenters. The molecule has 0 aliphatic carbocycles. The molecule has 0 heterocycles. The van der Waals surface area contributed by atoms with Gasteiger partial charge in [-0.25, -0.2) is 4.79 Å². The first-order chi connectivity index (χ1) is 8.93. The van der Waals surface area contributed by atoms with Crippen LogP contribution in [-0.2, 0) is 9.53 Å². The highest BCUT2D eigenvalue weighted by molar-refractivity contribution is 5.78. The summed E-state index contributed by atoms with van der Waals surface area (Å²) in [5.74, 6) is -4.82. The monoisotopic (exact) mass is 273 g/mol. The summed E-state index contributed by atoms with van der Waals surface area (Å²) in [6.07, 6.45) is 0. The Kier molecular flexibility index (Phi) is 5.23. The molecule has 0 aliphatic rings. The van der Waals surface area contributed by atoms with Crippen molar-refractivity contribution in [3.63, 3.8) is 0 Å². The van der Waals surface area contributed by atoms with Gasteiger partial charge in [0.15, 0.2) is 0 Å². The fraction of sp³-hybridized carbons (Fsp3) is 0.462. The zero-order valence-corrected chi connectivity index (χ0v) is 10.9. The third-order valence-corrected chi connectivity index (χ3v) is 2.49. The van der Waals surface area contributed by atoms with Crippen molar-refractivity contribution < 1.29 is 23.0 Å². The van der Waals surface area contributed by atoms with Crippen molar-refractivity contribution in [1.29, 1.82) is 0 Å². The minimum Gasteiger partial charge on any atom is -0.494 e. The molecule has 4 nitrogen and oxygen atoms in total. The van der Waals surface area contributed by atoms with Gasteiger partial charge in [0, 0.05) is 0 Å². The summed E-state index contributed by atoms with van der Waals surface area (Å²) in [4.78, 5) is 11.2. The van der Waals surface area contributed by atoms with Gasteiger partial charge in [-0.2, -0.15) is 8.78 Å². The molecule has 1 aromatic rings. The largest absolute Gasteiger partial charge is 0.494 e. The summed E-state index contributed by atoms with van der Waals surface area (Å²) < 4.78 is 36.9. The van der Waals surface area contributed by atoms with Crippen molar-refractivity contribution in [3.05, 3.63) is 29.8 Å². The van der Waals surface area contributed by atoms with E-state index in [-0.39, 0.29) is 12.2 Å². The van der Waals surface area contributed by atoms with Gasteiger partial charge in [0.05, 0.1) is 13.2 Å². The summed E-state index contributed by atoms with van der Waals surface area (Å²) in [6.45, 7) is 3.62. The highest BCUT2D eigenvalue weighted by atomic mass is 19.3. The lowest BCUT2D eigenvalue weighted by Gasteiger charge is -2.22. The molecule has 0 bridgehead atoms. The van der Waals surface area contributed by atoms with Crippen molar-refractivity contribution in [1.82, 2.24) is 0 Å². The molecule has 0 fully saturated rings. The maximum Gasteiger partial charge on any atom is 0.379 e. The smallest absolute Gasteiger partial charge is 0.379 e. The van der Waals surface area contributed by atoms with E-state index >= 15 is 0 Å². The van der Waals surface area contributed by atoms with Crippen LogP contribution in [0.4, 0.5) is 8.78 Å². The quantitative estimate of drug-likeness (QED) is 0.808. The lowest BCUT2D eigenvalue weighted by atomic mass is 10.0. The molecule has 6 heteroatoms. The Morgan fingerprint density at radius 1 is 1.26 bits per heavy atom. The predicted molar refractivity (Wildman–Crippen MR) is 66.1 cm³/mol. The zero-order valence-electron chi connectivity index (χ0n) is 10.9. The lowest BCUT2D eigenvalue weighted by molar-refractivity contribution is -0.174. The number of hydrogen-bond donors (Lipinski definition) is 1. The Balaban J connectivity index is 2.86. The summed E-state index contributed by atoms with van der Waals surface area (Å²) >= 11 is 0. The van der Waals surface area contributed by atoms with Gasteiger partial charge in [-0.3, -0.25) is 0 Å². The van der Waals surface area contributed by atoms with Crippen LogP contribution >= 0.6 is 0 Å². The fourth-order valence-electron chi connectivity index (χ4n) is 1.50. The molecule has 0 aromatic heterocycles. The Bertz CT molecular complexity index is 420. The number of rotatable bonds is 6. The number of carbonyl (C=O) groups is 1. The van der Waals surface area contributed by atoms with Crippen molar-refractivity contribution >= 4 is 5.97 Å². The van der Waals surface area contributed by atoms with Gasteiger partial charge in [0.25, 0.3) is 0 Å². The average Bonchev–Trinajstić information content (AvgIpc) is 2.39. The van der Waals surface area contributed by atoms with Crippen molar-refractivity contribution in [2.24, 2.45) is 5.73 Å². The molecule has 19 heavy (non-hydrogen) atoms. The number of benzene rings is 1. The maximum absolute atomic E-state index is 13.7. The standard InChI is InChI=1S/C13H17F2NO3/c1-3-18-10-7-5-9(6-8-10)11(16)13(14,15)12(17)19-4-2/h5-8,11H,3-4,16H2,1-2H3/t11-/m0/s1. The highest BCUT2D eigenvalue weighted by Gasteiger charge is 2.47. The number of alkyl halides is 2. The molecule has 0 saturated heterocycles. The van der Waals surface area contributed by atoms with Crippen LogP contribution in [0, 0.1) is 0 Å². The number of halogens is 2. The van der Waals surface area contributed by atoms with Crippen molar-refractivity contribution in [2.75, 3.05) is 13.2 Å². The summed E-state index contributed by atoms with van der Waals surface area (Å²) in [6, 6.07) is 4.12. The summed E-state index contributed by atoms with van der Waals surface area (Å²) in [5, 5.41) is 0. The Morgan fingerprint density at radius 3 is 2.32 bits per heavy atom. The van der Waals surface area contributed by atoms with Crippen LogP contribution in [0.25, 0.3) is 0 Å². The molecule has 0 amide bonds.